The van der Waals surface area contributed by atoms with Crippen LogP contribution in [0.25, 0.3) is 5.69 Å². The van der Waals surface area contributed by atoms with Crippen molar-refractivity contribution < 1.29 is 14.5 Å². The van der Waals surface area contributed by atoms with Gasteiger partial charge in [0.2, 0.25) is 5.84 Å². The number of esters is 1. The maximum absolute atomic E-state index is 11.4. The van der Waals surface area contributed by atoms with Crippen LogP contribution < -0.4 is 11.2 Å². The van der Waals surface area contributed by atoms with E-state index in [-0.39, 0.29) is 23.0 Å². The number of nitrogens with one attached hydrogen (secondary N) is 1. The number of carbonyl (C=O) groups is 1. The standard InChI is InChI=1S/C13H13ClN6O4/c1-2-24-13(21)12(15)18-17-9-6-10(19-4-3-16-7-19)8(14)5-11(9)20(22)23/h3-7,17H,2H2,1H3,(H2,15,18). The van der Waals surface area contributed by atoms with E-state index in [9.17, 15) is 14.9 Å². The second-order valence-electron chi connectivity index (χ2n) is 4.38. The summed E-state index contributed by atoms with van der Waals surface area (Å²) in [4.78, 5) is 25.8. The molecule has 0 aliphatic rings. The van der Waals surface area contributed by atoms with E-state index in [0.717, 1.165) is 6.07 Å². The minimum absolute atomic E-state index is 0.000323. The molecule has 0 aliphatic heterocycles. The molecule has 0 spiro atoms. The summed E-state index contributed by atoms with van der Waals surface area (Å²) in [6.45, 7) is 1.74. The van der Waals surface area contributed by atoms with Gasteiger partial charge in [-0.3, -0.25) is 15.5 Å². The highest BCUT2D eigenvalue weighted by Crippen LogP contribution is 2.33. The number of hydrogen-bond acceptors (Lipinski definition) is 7. The first-order valence-corrected chi connectivity index (χ1v) is 7.04. The Morgan fingerprint density at radius 3 is 2.92 bits per heavy atom. The Hall–Kier alpha value is -3.14. The molecule has 10 nitrogen and oxygen atoms in total. The normalized spacial score (nSPS) is 11.2. The smallest absolute Gasteiger partial charge is 0.375 e. The van der Waals surface area contributed by atoms with Crippen molar-refractivity contribution in [3.63, 3.8) is 0 Å². The van der Waals surface area contributed by atoms with Crippen LogP contribution in [0.4, 0.5) is 11.4 Å². The Balaban J connectivity index is 2.40. The first-order valence-electron chi connectivity index (χ1n) is 6.66. The van der Waals surface area contributed by atoms with Gasteiger partial charge < -0.3 is 15.0 Å². The fourth-order valence-corrected chi connectivity index (χ4v) is 2.02. The summed E-state index contributed by atoms with van der Waals surface area (Å²) in [5, 5.41) is 14.9. The summed E-state index contributed by atoms with van der Waals surface area (Å²) in [6, 6.07) is 2.55. The number of nitro benzene ring substituents is 1. The first kappa shape index (κ1) is 17.2. The Morgan fingerprint density at radius 2 is 2.33 bits per heavy atom. The van der Waals surface area contributed by atoms with E-state index in [4.69, 9.17) is 17.3 Å². The van der Waals surface area contributed by atoms with Gasteiger partial charge in [-0.15, -0.1) is 5.10 Å². The van der Waals surface area contributed by atoms with E-state index >= 15 is 0 Å². The molecule has 2 rings (SSSR count). The Kier molecular flexibility index (Phi) is 5.32. The number of halogens is 1. The molecule has 0 saturated carbocycles. The van der Waals surface area contributed by atoms with Crippen LogP contribution in [0.1, 0.15) is 6.92 Å². The van der Waals surface area contributed by atoms with Crippen LogP contribution >= 0.6 is 11.6 Å². The molecule has 11 heteroatoms. The molecule has 1 heterocycles. The molecule has 0 aliphatic carbocycles. The van der Waals surface area contributed by atoms with Crippen molar-refractivity contribution in [1.29, 1.82) is 0 Å². The number of nitrogens with two attached hydrogens (primary N) is 1. The summed E-state index contributed by atoms with van der Waals surface area (Å²) < 4.78 is 6.23. The van der Waals surface area contributed by atoms with Gasteiger partial charge in [0, 0.05) is 18.5 Å². The molecule has 1 aromatic heterocycles. The summed E-state index contributed by atoms with van der Waals surface area (Å²) in [6.07, 6.45) is 4.63. The van der Waals surface area contributed by atoms with Crippen molar-refractivity contribution in [3.05, 3.63) is 46.0 Å². The lowest BCUT2D eigenvalue weighted by atomic mass is 10.2. The third-order valence-corrected chi connectivity index (χ3v) is 3.13. The van der Waals surface area contributed by atoms with E-state index in [2.05, 4.69) is 20.2 Å². The topological polar surface area (TPSA) is 138 Å². The molecular formula is C13H13ClN6O4. The van der Waals surface area contributed by atoms with Gasteiger partial charge in [0.1, 0.15) is 5.69 Å². The third-order valence-electron chi connectivity index (χ3n) is 2.83. The summed E-state index contributed by atoms with van der Waals surface area (Å²) >= 11 is 6.08. The third kappa shape index (κ3) is 3.79. The predicted molar refractivity (Wildman–Crippen MR) is 87.1 cm³/mol. The number of hydrogen-bond donors (Lipinski definition) is 2. The predicted octanol–water partition coefficient (Wildman–Crippen LogP) is 1.68. The van der Waals surface area contributed by atoms with Gasteiger partial charge in [-0.05, 0) is 13.0 Å². The molecule has 0 fully saturated rings. The van der Waals surface area contributed by atoms with Gasteiger partial charge in [-0.2, -0.15) is 0 Å². The second-order valence-corrected chi connectivity index (χ2v) is 4.78. The van der Waals surface area contributed by atoms with Gasteiger partial charge in [0.25, 0.3) is 5.69 Å². The maximum atomic E-state index is 11.4. The monoisotopic (exact) mass is 352 g/mol. The fraction of sp³-hybridized carbons (Fsp3) is 0.154. The zero-order valence-electron chi connectivity index (χ0n) is 12.5. The van der Waals surface area contributed by atoms with Crippen LogP contribution in [-0.2, 0) is 9.53 Å². The van der Waals surface area contributed by atoms with E-state index in [0.29, 0.717) is 5.69 Å². The lowest BCUT2D eigenvalue weighted by Gasteiger charge is -2.09. The zero-order valence-corrected chi connectivity index (χ0v) is 13.2. The molecule has 126 valence electrons. The van der Waals surface area contributed by atoms with Crippen molar-refractivity contribution in [2.24, 2.45) is 10.8 Å². The van der Waals surface area contributed by atoms with Gasteiger partial charge in [0.05, 0.1) is 28.6 Å². The molecule has 0 saturated heterocycles. The van der Waals surface area contributed by atoms with E-state index in [1.807, 2.05) is 0 Å². The molecule has 3 N–H and O–H groups in total. The van der Waals surface area contributed by atoms with Crippen LogP contribution in [0, 0.1) is 10.1 Å². The van der Waals surface area contributed by atoms with E-state index < -0.39 is 16.7 Å². The minimum atomic E-state index is -0.837. The first-order chi connectivity index (χ1) is 11.4. The maximum Gasteiger partial charge on any atom is 0.375 e. The van der Waals surface area contributed by atoms with Gasteiger partial charge >= 0.3 is 5.97 Å². The number of benzene rings is 1. The molecule has 24 heavy (non-hydrogen) atoms. The van der Waals surface area contributed by atoms with Crippen LogP contribution in [0.2, 0.25) is 5.02 Å². The molecule has 2 aromatic rings. The molecule has 1 aromatic carbocycles. The zero-order chi connectivity index (χ0) is 17.7. The molecule has 0 bridgehead atoms. The fourth-order valence-electron chi connectivity index (χ4n) is 1.76. The number of hydrazone groups is 1. The van der Waals surface area contributed by atoms with E-state index in [1.165, 1.54) is 18.6 Å². The number of ether oxygens (including phenoxy) is 1. The Morgan fingerprint density at radius 1 is 1.58 bits per heavy atom. The average molecular weight is 353 g/mol. The van der Waals surface area contributed by atoms with E-state index in [1.54, 1.807) is 17.7 Å². The van der Waals surface area contributed by atoms with Crippen LogP contribution in [-0.4, -0.2) is 32.9 Å². The number of nitro groups is 1. The second kappa shape index (κ2) is 7.42. The molecule has 0 atom stereocenters. The van der Waals surface area contributed by atoms with Gasteiger partial charge in [-0.25, -0.2) is 9.78 Å². The largest absolute Gasteiger partial charge is 0.460 e. The number of anilines is 1. The molecule has 0 unspecified atom stereocenters. The van der Waals surface area contributed by atoms with Crippen LogP contribution in [0.5, 0.6) is 0 Å². The lowest BCUT2D eigenvalue weighted by molar-refractivity contribution is -0.383. The minimum Gasteiger partial charge on any atom is -0.460 e. The quantitative estimate of drug-likeness (QED) is 0.274. The Bertz CT molecular complexity index is 790. The number of aromatic nitrogens is 2. The highest BCUT2D eigenvalue weighted by Gasteiger charge is 2.19. The van der Waals surface area contributed by atoms with Crippen molar-refractivity contribution in [2.45, 2.75) is 6.92 Å². The van der Waals surface area contributed by atoms with Gasteiger partial charge in [-0.1, -0.05) is 11.6 Å². The highest BCUT2D eigenvalue weighted by atomic mass is 35.5. The molecular weight excluding hydrogens is 340 g/mol. The van der Waals surface area contributed by atoms with Crippen molar-refractivity contribution >= 4 is 34.8 Å². The molecule has 0 amide bonds. The molecule has 0 radical (unpaired) electrons. The SMILES string of the molecule is CCOC(=O)/C(N)=N\Nc1cc(-n2ccnc2)c(Cl)cc1[N+](=O)[O-]. The van der Waals surface area contributed by atoms with Crippen LogP contribution in [0.15, 0.2) is 36.0 Å². The summed E-state index contributed by atoms with van der Waals surface area (Å²) in [7, 11) is 0. The number of amidine groups is 1. The Labute approximate surface area is 141 Å². The van der Waals surface area contributed by atoms with Crippen molar-refractivity contribution in [3.8, 4) is 5.69 Å². The van der Waals surface area contributed by atoms with Crippen molar-refractivity contribution in [2.75, 3.05) is 12.0 Å². The number of carbonyl (C=O) groups excluding carboxylic acids is 1. The average Bonchev–Trinajstić information content (AvgIpc) is 3.07. The summed E-state index contributed by atoms with van der Waals surface area (Å²) in [5.41, 5.74) is 7.94. The van der Waals surface area contributed by atoms with Crippen molar-refractivity contribution in [1.82, 2.24) is 9.55 Å². The van der Waals surface area contributed by atoms with Crippen LogP contribution in [0.3, 0.4) is 0 Å². The summed E-state index contributed by atoms with van der Waals surface area (Å²) in [5.74, 6) is -1.30. The number of nitrogens with zero attached hydrogens (tertiary/aromatic N) is 4. The van der Waals surface area contributed by atoms with Gasteiger partial charge in [0.15, 0.2) is 0 Å². The number of rotatable bonds is 5. The highest BCUT2D eigenvalue weighted by molar-refractivity contribution is 6.35. The number of imidazole rings is 1. The lowest BCUT2D eigenvalue weighted by Crippen LogP contribution is -2.27.